The Bertz CT molecular complexity index is 767. The number of rotatable bonds is 10. The van der Waals surface area contributed by atoms with Gasteiger partial charge in [-0.05, 0) is 17.7 Å². The standard InChI is InChI=1S/C17H20F2N4O4/c1-26-6-5-20-16(25)11-23-10-13(9-21-23)22-15(24)8-12-3-2-4-14(7-12)27-17(18)19/h2-4,7,9-10,17H,5-6,8,11H2,1H3,(H,20,25)(H,22,24). The van der Waals surface area contributed by atoms with Crippen LogP contribution in [-0.2, 0) is 27.3 Å². The molecule has 2 amide bonds. The number of ether oxygens (including phenoxy) is 2. The number of aromatic nitrogens is 2. The highest BCUT2D eigenvalue weighted by Crippen LogP contribution is 2.16. The van der Waals surface area contributed by atoms with Crippen LogP contribution >= 0.6 is 0 Å². The lowest BCUT2D eigenvalue weighted by atomic mass is 10.1. The van der Waals surface area contributed by atoms with Gasteiger partial charge in [-0.2, -0.15) is 13.9 Å². The highest BCUT2D eigenvalue weighted by Gasteiger charge is 2.10. The largest absolute Gasteiger partial charge is 0.435 e. The third-order valence-electron chi connectivity index (χ3n) is 3.34. The molecule has 0 aliphatic rings. The summed E-state index contributed by atoms with van der Waals surface area (Å²) < 4.78 is 35.0. The topological polar surface area (TPSA) is 94.5 Å². The van der Waals surface area contributed by atoms with Gasteiger partial charge in [0.1, 0.15) is 12.3 Å². The second kappa shape index (κ2) is 10.2. The number of nitrogens with zero attached hydrogens (tertiary/aromatic N) is 2. The number of methoxy groups -OCH3 is 1. The highest BCUT2D eigenvalue weighted by atomic mass is 19.3. The average molecular weight is 382 g/mol. The fourth-order valence-electron chi connectivity index (χ4n) is 2.23. The summed E-state index contributed by atoms with van der Waals surface area (Å²) in [5.41, 5.74) is 0.945. The lowest BCUT2D eigenvalue weighted by Crippen LogP contribution is -2.30. The summed E-state index contributed by atoms with van der Waals surface area (Å²) in [5.74, 6) is -0.597. The first kappa shape index (κ1) is 20.3. The lowest BCUT2D eigenvalue weighted by Gasteiger charge is -2.07. The van der Waals surface area contributed by atoms with Crippen molar-refractivity contribution in [2.75, 3.05) is 25.6 Å². The number of hydrogen-bond donors (Lipinski definition) is 2. The Hall–Kier alpha value is -3.01. The number of amides is 2. The van der Waals surface area contributed by atoms with E-state index in [-0.39, 0.29) is 30.5 Å². The van der Waals surface area contributed by atoms with E-state index in [0.29, 0.717) is 24.4 Å². The molecule has 1 aromatic heterocycles. The summed E-state index contributed by atoms with van der Waals surface area (Å²) >= 11 is 0. The van der Waals surface area contributed by atoms with Crippen LogP contribution in [0.5, 0.6) is 5.75 Å². The molecule has 2 aromatic rings. The first-order valence-electron chi connectivity index (χ1n) is 8.08. The number of carbonyl (C=O) groups is 2. The molecule has 0 unspecified atom stereocenters. The molecule has 1 heterocycles. The van der Waals surface area contributed by atoms with E-state index in [1.54, 1.807) is 6.07 Å². The number of alkyl halides is 2. The van der Waals surface area contributed by atoms with Gasteiger partial charge in [-0.25, -0.2) is 0 Å². The Balaban J connectivity index is 1.84. The van der Waals surface area contributed by atoms with Crippen LogP contribution in [0.1, 0.15) is 5.56 Å². The van der Waals surface area contributed by atoms with Crippen molar-refractivity contribution in [3.63, 3.8) is 0 Å². The van der Waals surface area contributed by atoms with Gasteiger partial charge in [0.05, 0.1) is 24.9 Å². The van der Waals surface area contributed by atoms with E-state index < -0.39 is 6.61 Å². The minimum absolute atomic E-state index is 0.00654. The number of anilines is 1. The number of carbonyl (C=O) groups excluding carboxylic acids is 2. The molecular weight excluding hydrogens is 362 g/mol. The Morgan fingerprint density at radius 3 is 2.85 bits per heavy atom. The molecular formula is C17H20F2N4O4. The molecule has 0 spiro atoms. The van der Waals surface area contributed by atoms with Gasteiger partial charge in [0, 0.05) is 19.9 Å². The van der Waals surface area contributed by atoms with Crippen LogP contribution in [0, 0.1) is 0 Å². The molecule has 146 valence electrons. The van der Waals surface area contributed by atoms with Gasteiger partial charge in [-0.15, -0.1) is 0 Å². The van der Waals surface area contributed by atoms with Gasteiger partial charge in [0.2, 0.25) is 11.8 Å². The summed E-state index contributed by atoms with van der Waals surface area (Å²) in [4.78, 5) is 23.8. The van der Waals surface area contributed by atoms with Crippen LogP contribution in [0.25, 0.3) is 0 Å². The van der Waals surface area contributed by atoms with Crippen molar-refractivity contribution >= 4 is 17.5 Å². The molecule has 27 heavy (non-hydrogen) atoms. The van der Waals surface area contributed by atoms with E-state index in [1.807, 2.05) is 0 Å². The SMILES string of the molecule is COCCNC(=O)Cn1cc(NC(=O)Cc2cccc(OC(F)F)c2)cn1. The van der Waals surface area contributed by atoms with Gasteiger partial charge >= 0.3 is 6.61 Å². The van der Waals surface area contributed by atoms with E-state index >= 15 is 0 Å². The van der Waals surface area contributed by atoms with Crippen molar-refractivity contribution in [1.82, 2.24) is 15.1 Å². The van der Waals surface area contributed by atoms with Crippen molar-refractivity contribution in [2.24, 2.45) is 0 Å². The zero-order valence-electron chi connectivity index (χ0n) is 14.7. The molecule has 0 atom stereocenters. The highest BCUT2D eigenvalue weighted by molar-refractivity contribution is 5.92. The second-order valence-electron chi connectivity index (χ2n) is 5.52. The molecule has 0 saturated carbocycles. The third-order valence-corrected chi connectivity index (χ3v) is 3.34. The number of nitrogens with one attached hydrogen (secondary N) is 2. The van der Waals surface area contributed by atoms with Gasteiger partial charge < -0.3 is 20.1 Å². The van der Waals surface area contributed by atoms with Crippen LogP contribution in [0.4, 0.5) is 14.5 Å². The zero-order chi connectivity index (χ0) is 19.6. The molecule has 10 heteroatoms. The molecule has 0 saturated heterocycles. The first-order chi connectivity index (χ1) is 13.0. The maximum absolute atomic E-state index is 12.2. The second-order valence-corrected chi connectivity index (χ2v) is 5.52. The molecule has 1 aromatic carbocycles. The number of hydrogen-bond acceptors (Lipinski definition) is 5. The summed E-state index contributed by atoms with van der Waals surface area (Å²) in [6, 6.07) is 5.92. The summed E-state index contributed by atoms with van der Waals surface area (Å²) in [5, 5.41) is 9.29. The smallest absolute Gasteiger partial charge is 0.387 e. The molecule has 0 aliphatic carbocycles. The Labute approximate surface area is 154 Å². The Morgan fingerprint density at radius 2 is 2.11 bits per heavy atom. The third kappa shape index (κ3) is 7.40. The molecule has 0 bridgehead atoms. The predicted molar refractivity (Wildman–Crippen MR) is 92.5 cm³/mol. The van der Waals surface area contributed by atoms with Crippen molar-refractivity contribution in [2.45, 2.75) is 19.6 Å². The van der Waals surface area contributed by atoms with Crippen molar-refractivity contribution in [1.29, 1.82) is 0 Å². The predicted octanol–water partition coefficient (Wildman–Crippen LogP) is 1.43. The monoisotopic (exact) mass is 382 g/mol. The van der Waals surface area contributed by atoms with Crippen molar-refractivity contribution < 1.29 is 27.8 Å². The van der Waals surface area contributed by atoms with Crippen molar-refractivity contribution in [3.8, 4) is 5.75 Å². The molecule has 0 aliphatic heterocycles. The van der Waals surface area contributed by atoms with Crippen LogP contribution in [0.15, 0.2) is 36.7 Å². The Morgan fingerprint density at radius 1 is 1.30 bits per heavy atom. The summed E-state index contributed by atoms with van der Waals surface area (Å²) in [6.07, 6.45) is 2.91. The quantitative estimate of drug-likeness (QED) is 0.606. The number of halogens is 2. The maximum Gasteiger partial charge on any atom is 0.387 e. The fraction of sp³-hybridized carbons (Fsp3) is 0.353. The van der Waals surface area contributed by atoms with Crippen molar-refractivity contribution in [3.05, 3.63) is 42.2 Å². The first-order valence-corrected chi connectivity index (χ1v) is 8.08. The summed E-state index contributed by atoms with van der Waals surface area (Å²) in [7, 11) is 1.54. The van der Waals surface area contributed by atoms with Crippen LogP contribution < -0.4 is 15.4 Å². The summed E-state index contributed by atoms with van der Waals surface area (Å²) in [6.45, 7) is -2.11. The molecule has 2 rings (SSSR count). The molecule has 2 N–H and O–H groups in total. The lowest BCUT2D eigenvalue weighted by molar-refractivity contribution is -0.122. The molecule has 0 fully saturated rings. The van der Waals surface area contributed by atoms with Gasteiger partial charge in [-0.3, -0.25) is 14.3 Å². The van der Waals surface area contributed by atoms with E-state index in [9.17, 15) is 18.4 Å². The van der Waals surface area contributed by atoms with E-state index in [2.05, 4.69) is 20.5 Å². The van der Waals surface area contributed by atoms with Crippen LogP contribution in [0.2, 0.25) is 0 Å². The normalized spacial score (nSPS) is 10.7. The maximum atomic E-state index is 12.2. The molecule has 8 nitrogen and oxygen atoms in total. The fourth-order valence-corrected chi connectivity index (χ4v) is 2.23. The number of benzene rings is 1. The van der Waals surface area contributed by atoms with Crippen LogP contribution in [-0.4, -0.2) is 48.5 Å². The van der Waals surface area contributed by atoms with E-state index in [4.69, 9.17) is 4.74 Å². The minimum atomic E-state index is -2.92. The Kier molecular flexibility index (Phi) is 7.68. The van der Waals surface area contributed by atoms with E-state index in [1.165, 1.54) is 42.4 Å². The van der Waals surface area contributed by atoms with E-state index in [0.717, 1.165) is 0 Å². The zero-order valence-corrected chi connectivity index (χ0v) is 14.7. The van der Waals surface area contributed by atoms with Gasteiger partial charge in [0.25, 0.3) is 0 Å². The van der Waals surface area contributed by atoms with Gasteiger partial charge in [0.15, 0.2) is 0 Å². The van der Waals surface area contributed by atoms with Gasteiger partial charge in [-0.1, -0.05) is 12.1 Å². The average Bonchev–Trinajstić information content (AvgIpc) is 3.01. The molecule has 0 radical (unpaired) electrons. The minimum Gasteiger partial charge on any atom is -0.435 e. The van der Waals surface area contributed by atoms with Crippen LogP contribution in [0.3, 0.4) is 0 Å².